The molecule has 0 unspecified atom stereocenters. The molecule has 0 atom stereocenters. The number of fused-ring (bicyclic) bond motifs is 1. The Bertz CT molecular complexity index is 1030. The number of carbonyl (C=O) groups excluding carboxylic acids is 2. The van der Waals surface area contributed by atoms with Crippen LogP contribution in [-0.4, -0.2) is 25.2 Å². The molecular formula is C19H15FN2O4. The summed E-state index contributed by atoms with van der Waals surface area (Å²) >= 11 is 0. The minimum atomic E-state index is -0.444. The van der Waals surface area contributed by atoms with Gasteiger partial charge in [0.05, 0.1) is 6.54 Å². The van der Waals surface area contributed by atoms with Gasteiger partial charge in [-0.15, -0.1) is 0 Å². The lowest BCUT2D eigenvalue weighted by Crippen LogP contribution is -2.23. The lowest BCUT2D eigenvalue weighted by molar-refractivity contribution is 0.0998. The molecule has 1 fully saturated rings. The zero-order valence-corrected chi connectivity index (χ0v) is 13.9. The van der Waals surface area contributed by atoms with E-state index < -0.39 is 17.8 Å². The van der Waals surface area contributed by atoms with Gasteiger partial charge in [0, 0.05) is 22.3 Å². The van der Waals surface area contributed by atoms with Crippen LogP contribution in [-0.2, 0) is 4.74 Å². The highest BCUT2D eigenvalue weighted by Gasteiger charge is 2.24. The first kappa shape index (κ1) is 16.1. The molecule has 1 N–H and O–H groups in total. The minimum Gasteiger partial charge on any atom is -0.451 e. The highest BCUT2D eigenvalue weighted by atomic mass is 19.1. The van der Waals surface area contributed by atoms with Crippen LogP contribution in [0.1, 0.15) is 16.1 Å². The highest BCUT2D eigenvalue weighted by Crippen LogP contribution is 2.27. The van der Waals surface area contributed by atoms with Crippen LogP contribution in [0.15, 0.2) is 46.9 Å². The molecule has 3 aromatic rings. The molecule has 6 nitrogen and oxygen atoms in total. The Kier molecular flexibility index (Phi) is 3.84. The summed E-state index contributed by atoms with van der Waals surface area (Å²) in [5, 5.41) is 3.31. The van der Waals surface area contributed by atoms with Gasteiger partial charge < -0.3 is 14.5 Å². The van der Waals surface area contributed by atoms with Gasteiger partial charge in [-0.2, -0.15) is 0 Å². The molecule has 1 saturated heterocycles. The van der Waals surface area contributed by atoms with E-state index in [9.17, 15) is 14.0 Å². The van der Waals surface area contributed by atoms with Gasteiger partial charge in [-0.1, -0.05) is 6.07 Å². The third-order valence-corrected chi connectivity index (χ3v) is 4.28. The maximum absolute atomic E-state index is 13.4. The minimum absolute atomic E-state index is 0.122. The first-order valence-electron chi connectivity index (χ1n) is 8.07. The largest absolute Gasteiger partial charge is 0.451 e. The van der Waals surface area contributed by atoms with Gasteiger partial charge in [0.1, 0.15) is 18.0 Å². The van der Waals surface area contributed by atoms with Crippen LogP contribution in [0.2, 0.25) is 0 Å². The molecule has 7 heteroatoms. The van der Waals surface area contributed by atoms with Crippen molar-refractivity contribution in [1.82, 2.24) is 0 Å². The van der Waals surface area contributed by atoms with E-state index in [0.717, 1.165) is 0 Å². The van der Waals surface area contributed by atoms with Gasteiger partial charge in [0.15, 0.2) is 5.76 Å². The van der Waals surface area contributed by atoms with E-state index in [1.54, 1.807) is 31.2 Å². The Morgan fingerprint density at radius 3 is 2.85 bits per heavy atom. The number of furan rings is 1. The second kappa shape index (κ2) is 6.18. The Labute approximate surface area is 148 Å². The van der Waals surface area contributed by atoms with Crippen molar-refractivity contribution in [2.45, 2.75) is 6.92 Å². The van der Waals surface area contributed by atoms with Crippen molar-refractivity contribution in [3.8, 4) is 0 Å². The summed E-state index contributed by atoms with van der Waals surface area (Å²) in [4.78, 5) is 25.7. The number of nitrogens with zero attached hydrogens (tertiary/aromatic N) is 1. The first-order valence-corrected chi connectivity index (χ1v) is 8.07. The van der Waals surface area contributed by atoms with Crippen molar-refractivity contribution < 1.29 is 23.1 Å². The molecule has 0 radical (unpaired) electrons. The second-order valence-electron chi connectivity index (χ2n) is 5.97. The van der Waals surface area contributed by atoms with E-state index >= 15 is 0 Å². The van der Waals surface area contributed by atoms with Gasteiger partial charge in [-0.05, 0) is 43.3 Å². The number of aryl methyl sites for hydroxylation is 1. The molecule has 0 spiro atoms. The standard InChI is InChI=1S/C19H15FN2O4/c1-11-15-9-12(20)5-6-16(15)26-17(11)18(23)21-13-3-2-4-14(10-13)22-7-8-25-19(22)24/h2-6,9-10H,7-8H2,1H3,(H,21,23). The quantitative estimate of drug-likeness (QED) is 0.769. The van der Waals surface area contributed by atoms with Gasteiger partial charge >= 0.3 is 6.09 Å². The fraction of sp³-hybridized carbons (Fsp3) is 0.158. The average Bonchev–Trinajstić information content (AvgIpc) is 3.19. The van der Waals surface area contributed by atoms with Gasteiger partial charge in [0.25, 0.3) is 5.91 Å². The predicted octanol–water partition coefficient (Wildman–Crippen LogP) is 4.09. The van der Waals surface area contributed by atoms with E-state index in [2.05, 4.69) is 5.32 Å². The van der Waals surface area contributed by atoms with Crippen molar-refractivity contribution in [3.63, 3.8) is 0 Å². The molecule has 0 aliphatic carbocycles. The van der Waals surface area contributed by atoms with E-state index in [4.69, 9.17) is 9.15 Å². The number of hydrogen-bond donors (Lipinski definition) is 1. The maximum Gasteiger partial charge on any atom is 0.414 e. The van der Waals surface area contributed by atoms with Crippen LogP contribution in [0.4, 0.5) is 20.6 Å². The summed E-state index contributed by atoms with van der Waals surface area (Å²) in [7, 11) is 0. The lowest BCUT2D eigenvalue weighted by Gasteiger charge is -2.14. The number of anilines is 2. The van der Waals surface area contributed by atoms with Crippen molar-refractivity contribution in [1.29, 1.82) is 0 Å². The summed E-state index contributed by atoms with van der Waals surface area (Å²) < 4.78 is 23.9. The summed E-state index contributed by atoms with van der Waals surface area (Å²) in [5.41, 5.74) is 2.16. The van der Waals surface area contributed by atoms with E-state index in [0.29, 0.717) is 41.1 Å². The molecule has 2 heterocycles. The molecular weight excluding hydrogens is 339 g/mol. The number of benzene rings is 2. The number of hydrogen-bond acceptors (Lipinski definition) is 4. The molecule has 0 bridgehead atoms. The van der Waals surface area contributed by atoms with Gasteiger partial charge in [-0.3, -0.25) is 9.69 Å². The van der Waals surface area contributed by atoms with Crippen LogP contribution >= 0.6 is 0 Å². The summed E-state index contributed by atoms with van der Waals surface area (Å²) in [6.07, 6.45) is -0.413. The SMILES string of the molecule is Cc1c(C(=O)Nc2cccc(N3CCOC3=O)c2)oc2ccc(F)cc12. The van der Waals surface area contributed by atoms with Gasteiger partial charge in [-0.25, -0.2) is 9.18 Å². The Morgan fingerprint density at radius 1 is 1.23 bits per heavy atom. The monoisotopic (exact) mass is 354 g/mol. The van der Waals surface area contributed by atoms with Crippen molar-refractivity contribution in [2.75, 3.05) is 23.4 Å². The van der Waals surface area contributed by atoms with E-state index in [-0.39, 0.29) is 5.76 Å². The van der Waals surface area contributed by atoms with Crippen LogP contribution in [0, 0.1) is 12.7 Å². The summed E-state index contributed by atoms with van der Waals surface area (Å²) in [5.74, 6) is -0.713. The summed E-state index contributed by atoms with van der Waals surface area (Å²) in [6, 6.07) is 11.0. The number of ether oxygens (including phenoxy) is 1. The number of cyclic esters (lactones) is 1. The van der Waals surface area contributed by atoms with Crippen LogP contribution in [0.3, 0.4) is 0 Å². The molecule has 1 aliphatic rings. The maximum atomic E-state index is 13.4. The molecule has 4 rings (SSSR count). The molecule has 1 aliphatic heterocycles. The van der Waals surface area contributed by atoms with E-state index in [1.807, 2.05) is 0 Å². The van der Waals surface area contributed by atoms with E-state index in [1.165, 1.54) is 23.1 Å². The third kappa shape index (κ3) is 2.77. The first-order chi connectivity index (χ1) is 12.5. The zero-order chi connectivity index (χ0) is 18.3. The van der Waals surface area contributed by atoms with Crippen LogP contribution in [0.5, 0.6) is 0 Å². The van der Waals surface area contributed by atoms with Gasteiger partial charge in [0.2, 0.25) is 0 Å². The number of nitrogens with one attached hydrogen (secondary N) is 1. The fourth-order valence-corrected chi connectivity index (χ4v) is 2.98. The predicted molar refractivity (Wildman–Crippen MR) is 94.0 cm³/mol. The number of rotatable bonds is 3. The lowest BCUT2D eigenvalue weighted by atomic mass is 10.1. The van der Waals surface area contributed by atoms with Crippen LogP contribution in [0.25, 0.3) is 11.0 Å². The average molecular weight is 354 g/mol. The molecule has 2 aromatic carbocycles. The smallest absolute Gasteiger partial charge is 0.414 e. The number of carbonyl (C=O) groups is 2. The Hall–Kier alpha value is -3.35. The molecule has 2 amide bonds. The molecule has 132 valence electrons. The molecule has 26 heavy (non-hydrogen) atoms. The fourth-order valence-electron chi connectivity index (χ4n) is 2.98. The van der Waals surface area contributed by atoms with Crippen molar-refractivity contribution in [2.24, 2.45) is 0 Å². The normalized spacial score (nSPS) is 13.9. The Balaban J connectivity index is 1.61. The number of amides is 2. The molecule has 1 aromatic heterocycles. The third-order valence-electron chi connectivity index (χ3n) is 4.28. The summed E-state index contributed by atoms with van der Waals surface area (Å²) in [6.45, 7) is 2.51. The number of halogens is 1. The van der Waals surface area contributed by atoms with Crippen LogP contribution < -0.4 is 10.2 Å². The highest BCUT2D eigenvalue weighted by molar-refractivity contribution is 6.06. The second-order valence-corrected chi connectivity index (χ2v) is 5.97. The van der Waals surface area contributed by atoms with Crippen molar-refractivity contribution >= 4 is 34.3 Å². The topological polar surface area (TPSA) is 71.8 Å². The van der Waals surface area contributed by atoms with Crippen molar-refractivity contribution in [3.05, 3.63) is 59.6 Å². The molecule has 0 saturated carbocycles. The zero-order valence-electron chi connectivity index (χ0n) is 13.9. The Morgan fingerprint density at radius 2 is 2.08 bits per heavy atom.